The Kier molecular flexibility index (Phi) is 3.71. The van der Waals surface area contributed by atoms with Crippen LogP contribution in [0.1, 0.15) is 24.8 Å². The second-order valence-electron chi connectivity index (χ2n) is 5.37. The Labute approximate surface area is 135 Å². The van der Waals surface area contributed by atoms with Gasteiger partial charge < -0.3 is 4.74 Å². The average Bonchev–Trinajstić information content (AvgIpc) is 3.10. The first-order chi connectivity index (χ1) is 10.4. The highest BCUT2D eigenvalue weighted by molar-refractivity contribution is 7.09. The van der Waals surface area contributed by atoms with Gasteiger partial charge in [0.1, 0.15) is 23.1 Å². The van der Waals surface area contributed by atoms with Crippen LogP contribution in [0.5, 0.6) is 5.75 Å². The summed E-state index contributed by atoms with van der Waals surface area (Å²) in [5, 5.41) is 5.08. The Morgan fingerprint density at radius 3 is 2.95 bits per heavy atom. The molecule has 1 aromatic heterocycles. The first kappa shape index (κ1) is 15.1. The van der Waals surface area contributed by atoms with Gasteiger partial charge in [-0.25, -0.2) is 4.39 Å². The van der Waals surface area contributed by atoms with Crippen LogP contribution < -0.4 is 9.61 Å². The van der Waals surface area contributed by atoms with Gasteiger partial charge in [-0.15, -0.1) is 6.42 Å². The number of hydrogen-bond donors (Lipinski definition) is 0. The van der Waals surface area contributed by atoms with Crippen molar-refractivity contribution in [2.75, 3.05) is 6.61 Å². The van der Waals surface area contributed by atoms with Gasteiger partial charge in [0.15, 0.2) is 5.82 Å². The average molecular weight is 339 g/mol. The van der Waals surface area contributed by atoms with E-state index >= 15 is 0 Å². The Morgan fingerprint density at radius 1 is 1.59 bits per heavy atom. The molecule has 4 nitrogen and oxygen atoms in total. The lowest BCUT2D eigenvalue weighted by atomic mass is 10.2. The summed E-state index contributed by atoms with van der Waals surface area (Å²) in [6.45, 7) is 2.04. The summed E-state index contributed by atoms with van der Waals surface area (Å²) in [7, 11) is 0. The van der Waals surface area contributed by atoms with E-state index in [-0.39, 0.29) is 33.4 Å². The van der Waals surface area contributed by atoms with E-state index in [1.807, 2.05) is 6.92 Å². The van der Waals surface area contributed by atoms with Gasteiger partial charge in [-0.1, -0.05) is 35.8 Å². The highest BCUT2D eigenvalue weighted by Gasteiger charge is 2.43. The zero-order valence-electron chi connectivity index (χ0n) is 11.7. The Morgan fingerprint density at radius 2 is 2.32 bits per heavy atom. The predicted molar refractivity (Wildman–Crippen MR) is 83.6 cm³/mol. The lowest BCUT2D eigenvalue weighted by molar-refractivity contribution is 0.369. The van der Waals surface area contributed by atoms with E-state index in [0.717, 1.165) is 39.9 Å². The lowest BCUT2D eigenvalue weighted by Crippen LogP contribution is -2.14. The van der Waals surface area contributed by atoms with Crippen LogP contribution in [0.2, 0.25) is 5.02 Å². The minimum Gasteiger partial charge on any atom is -0.479 e. The van der Waals surface area contributed by atoms with E-state index < -0.39 is 5.82 Å². The molecule has 114 valence electrons. The largest absolute Gasteiger partial charge is 0.479 e. The third-order valence-electron chi connectivity index (χ3n) is 3.60. The first-order valence-electron chi connectivity index (χ1n) is 6.61. The fourth-order valence-electron chi connectivity index (χ4n) is 1.99. The van der Waals surface area contributed by atoms with Crippen LogP contribution in [0, 0.1) is 18.2 Å². The summed E-state index contributed by atoms with van der Waals surface area (Å²) in [4.78, 5) is 11.8. The molecule has 22 heavy (non-hydrogen) atoms. The van der Waals surface area contributed by atoms with Gasteiger partial charge in [0, 0.05) is 11.5 Å². The molecule has 0 amide bonds. The van der Waals surface area contributed by atoms with E-state index in [2.05, 4.69) is 11.0 Å². The number of nitrogens with zero attached hydrogens (tertiary/aromatic N) is 2. The van der Waals surface area contributed by atoms with Gasteiger partial charge >= 0.3 is 4.87 Å². The van der Waals surface area contributed by atoms with Gasteiger partial charge in [0.05, 0.1) is 5.02 Å². The molecular formula is C15H12ClFN2O2S. The monoisotopic (exact) mass is 338 g/mol. The van der Waals surface area contributed by atoms with Crippen molar-refractivity contribution in [3.63, 3.8) is 0 Å². The lowest BCUT2D eigenvalue weighted by Gasteiger charge is -2.09. The van der Waals surface area contributed by atoms with Crippen molar-refractivity contribution in [2.45, 2.75) is 25.2 Å². The summed E-state index contributed by atoms with van der Waals surface area (Å²) in [5.74, 6) is 1.88. The molecule has 0 aliphatic heterocycles. The summed E-state index contributed by atoms with van der Waals surface area (Å²) in [6.07, 6.45) is 7.10. The quantitative estimate of drug-likeness (QED) is 0.804. The zero-order chi connectivity index (χ0) is 15.9. The van der Waals surface area contributed by atoms with Crippen molar-refractivity contribution in [1.82, 2.24) is 9.78 Å². The van der Waals surface area contributed by atoms with Gasteiger partial charge in [0.2, 0.25) is 0 Å². The van der Waals surface area contributed by atoms with Crippen LogP contribution in [0.4, 0.5) is 4.39 Å². The number of benzene rings is 1. The molecule has 0 unspecified atom stereocenters. The first-order valence-corrected chi connectivity index (χ1v) is 7.80. The predicted octanol–water partition coefficient (Wildman–Crippen LogP) is 3.15. The van der Waals surface area contributed by atoms with Gasteiger partial charge in [0.25, 0.3) is 0 Å². The normalized spacial score (nSPS) is 15.4. The fraction of sp³-hybridized carbons (Fsp3) is 0.333. The summed E-state index contributed by atoms with van der Waals surface area (Å²) in [6, 6.07) is 2.43. The smallest absolute Gasteiger partial charge is 0.329 e. The molecule has 0 spiro atoms. The maximum Gasteiger partial charge on any atom is 0.329 e. The fourth-order valence-corrected chi connectivity index (χ4v) is 3.16. The minimum atomic E-state index is -0.641. The maximum absolute atomic E-state index is 14.2. The summed E-state index contributed by atoms with van der Waals surface area (Å²) >= 11 is 6.95. The molecule has 0 bridgehead atoms. The van der Waals surface area contributed by atoms with Crippen molar-refractivity contribution in [3.05, 3.63) is 37.6 Å². The summed E-state index contributed by atoms with van der Waals surface area (Å²) in [5.41, 5.74) is -0.0472. The van der Waals surface area contributed by atoms with E-state index in [1.165, 1.54) is 6.07 Å². The van der Waals surface area contributed by atoms with Crippen LogP contribution in [-0.2, 0) is 5.41 Å². The molecule has 7 heteroatoms. The van der Waals surface area contributed by atoms with Crippen LogP contribution in [0.3, 0.4) is 0 Å². The van der Waals surface area contributed by atoms with Crippen molar-refractivity contribution in [2.24, 2.45) is 0 Å². The molecule has 1 aliphatic carbocycles. The van der Waals surface area contributed by atoms with Crippen LogP contribution >= 0.6 is 22.9 Å². The number of terminal acetylenes is 1. The number of hydrogen-bond acceptors (Lipinski definition) is 4. The maximum atomic E-state index is 14.2. The molecule has 1 aromatic carbocycles. The van der Waals surface area contributed by atoms with Gasteiger partial charge in [-0.2, -0.15) is 9.78 Å². The Bertz CT molecular complexity index is 833. The van der Waals surface area contributed by atoms with Crippen molar-refractivity contribution in [1.29, 1.82) is 0 Å². The van der Waals surface area contributed by atoms with E-state index in [0.29, 0.717) is 0 Å². The molecule has 0 atom stereocenters. The third-order valence-corrected chi connectivity index (χ3v) is 5.02. The Balaban J connectivity index is 2.06. The van der Waals surface area contributed by atoms with Gasteiger partial charge in [-0.3, -0.25) is 4.79 Å². The topological polar surface area (TPSA) is 44.1 Å². The molecule has 1 saturated carbocycles. The SMILES string of the molecule is C#CCOc1cc(-n2nc(C3(C)CC3)sc2=O)c(F)cc1Cl. The van der Waals surface area contributed by atoms with Crippen LogP contribution in [0.15, 0.2) is 16.9 Å². The van der Waals surface area contributed by atoms with Gasteiger partial charge in [-0.05, 0) is 18.9 Å². The van der Waals surface area contributed by atoms with E-state index in [9.17, 15) is 9.18 Å². The summed E-state index contributed by atoms with van der Waals surface area (Å²) < 4.78 is 20.5. The second kappa shape index (κ2) is 5.41. The molecule has 1 aliphatic rings. The number of ether oxygens (including phenoxy) is 1. The molecule has 0 N–H and O–H groups in total. The number of rotatable bonds is 4. The molecule has 0 saturated heterocycles. The minimum absolute atomic E-state index is 0.0000772. The Hall–Kier alpha value is -1.84. The molecule has 3 rings (SSSR count). The van der Waals surface area contributed by atoms with Crippen molar-refractivity contribution < 1.29 is 9.13 Å². The zero-order valence-corrected chi connectivity index (χ0v) is 13.3. The number of aromatic nitrogens is 2. The van der Waals surface area contributed by atoms with Crippen molar-refractivity contribution >= 4 is 22.9 Å². The second-order valence-corrected chi connectivity index (χ2v) is 6.72. The molecule has 1 heterocycles. The molecule has 0 radical (unpaired) electrons. The molecule has 1 fully saturated rings. The van der Waals surface area contributed by atoms with Crippen LogP contribution in [-0.4, -0.2) is 16.4 Å². The highest BCUT2D eigenvalue weighted by Crippen LogP contribution is 2.47. The molecule has 2 aromatic rings. The number of halogens is 2. The third kappa shape index (κ3) is 2.62. The van der Waals surface area contributed by atoms with Crippen LogP contribution in [0.25, 0.3) is 5.69 Å². The standard InChI is InChI=1S/C15H12ClFN2O2S/c1-3-6-21-12-8-11(10(17)7-9(12)16)19-14(20)22-13(18-19)15(2)4-5-15/h1,7-8H,4-6H2,2H3. The van der Waals surface area contributed by atoms with E-state index in [4.69, 9.17) is 22.8 Å². The van der Waals surface area contributed by atoms with Crippen molar-refractivity contribution in [3.8, 4) is 23.8 Å². The highest BCUT2D eigenvalue weighted by atomic mass is 35.5. The molecular weight excluding hydrogens is 327 g/mol. The van der Waals surface area contributed by atoms with E-state index in [1.54, 1.807) is 0 Å².